The molecule has 0 aliphatic heterocycles. The van der Waals surface area contributed by atoms with Gasteiger partial charge in [-0.05, 0) is 30.4 Å². The lowest BCUT2D eigenvalue weighted by Gasteiger charge is -2.16. The average molecular weight is 284 g/mol. The van der Waals surface area contributed by atoms with E-state index in [1.807, 2.05) is 12.1 Å². The molecule has 0 bridgehead atoms. The molecule has 1 aromatic carbocycles. The zero-order chi connectivity index (χ0) is 13.9. The van der Waals surface area contributed by atoms with Crippen LogP contribution in [0.5, 0.6) is 5.75 Å². The lowest BCUT2D eigenvalue weighted by atomic mass is 10.0. The van der Waals surface area contributed by atoms with Gasteiger partial charge in [0.15, 0.2) is 0 Å². The van der Waals surface area contributed by atoms with Gasteiger partial charge in [0, 0.05) is 24.7 Å². The number of ether oxygens (including phenoxy) is 1. The molecular formula is C13H18ClN3O2. The fourth-order valence-electron chi connectivity index (χ4n) is 2.07. The summed E-state index contributed by atoms with van der Waals surface area (Å²) in [6.45, 7) is 0.786. The van der Waals surface area contributed by atoms with Gasteiger partial charge in [-0.3, -0.25) is 0 Å². The summed E-state index contributed by atoms with van der Waals surface area (Å²) in [5.41, 5.74) is 6.63. The van der Waals surface area contributed by atoms with Crippen molar-refractivity contribution in [2.45, 2.75) is 19.3 Å². The number of benzene rings is 1. The zero-order valence-corrected chi connectivity index (χ0v) is 11.6. The second kappa shape index (κ2) is 5.57. The summed E-state index contributed by atoms with van der Waals surface area (Å²) in [5, 5.41) is 15.6. The van der Waals surface area contributed by atoms with E-state index in [4.69, 9.17) is 27.3 Å². The molecule has 19 heavy (non-hydrogen) atoms. The number of oxime groups is 1. The first kappa shape index (κ1) is 13.8. The number of nitrogens with zero attached hydrogens (tertiary/aromatic N) is 1. The summed E-state index contributed by atoms with van der Waals surface area (Å²) in [7, 11) is 1.59. The van der Waals surface area contributed by atoms with Crippen molar-refractivity contribution < 1.29 is 9.94 Å². The highest BCUT2D eigenvalue weighted by Gasteiger charge is 2.43. The van der Waals surface area contributed by atoms with Crippen molar-refractivity contribution in [3.63, 3.8) is 0 Å². The maximum absolute atomic E-state index is 8.62. The Morgan fingerprint density at radius 1 is 1.58 bits per heavy atom. The van der Waals surface area contributed by atoms with Crippen molar-refractivity contribution in [3.05, 3.63) is 23.2 Å². The Balaban J connectivity index is 1.95. The first-order chi connectivity index (χ1) is 9.08. The first-order valence-corrected chi connectivity index (χ1v) is 6.50. The van der Waals surface area contributed by atoms with Gasteiger partial charge >= 0.3 is 0 Å². The molecule has 104 valence electrons. The smallest absolute Gasteiger partial charge is 0.139 e. The maximum atomic E-state index is 8.62. The van der Waals surface area contributed by atoms with Gasteiger partial charge in [-0.15, -0.1) is 0 Å². The summed E-state index contributed by atoms with van der Waals surface area (Å²) in [5.74, 6) is 0.931. The molecule has 6 heteroatoms. The number of anilines is 1. The molecule has 0 saturated heterocycles. The minimum Gasteiger partial charge on any atom is -0.495 e. The summed E-state index contributed by atoms with van der Waals surface area (Å²) >= 11 is 5.97. The van der Waals surface area contributed by atoms with Gasteiger partial charge in [-0.2, -0.15) is 0 Å². The molecule has 4 N–H and O–H groups in total. The van der Waals surface area contributed by atoms with Crippen LogP contribution in [0.4, 0.5) is 5.69 Å². The van der Waals surface area contributed by atoms with Crippen molar-refractivity contribution in [3.8, 4) is 5.75 Å². The third kappa shape index (κ3) is 3.44. The number of hydrogen-bond acceptors (Lipinski definition) is 4. The Kier molecular flexibility index (Phi) is 4.04. The summed E-state index contributed by atoms with van der Waals surface area (Å²) in [4.78, 5) is 0. The van der Waals surface area contributed by atoms with Gasteiger partial charge in [0.25, 0.3) is 0 Å². The van der Waals surface area contributed by atoms with Gasteiger partial charge < -0.3 is 21.0 Å². The second-order valence-electron chi connectivity index (χ2n) is 4.97. The predicted molar refractivity (Wildman–Crippen MR) is 76.2 cm³/mol. The van der Waals surface area contributed by atoms with Crippen LogP contribution in [-0.4, -0.2) is 24.7 Å². The molecule has 0 atom stereocenters. The van der Waals surface area contributed by atoms with E-state index in [1.54, 1.807) is 13.2 Å². The molecule has 1 aromatic rings. The molecule has 0 unspecified atom stereocenters. The van der Waals surface area contributed by atoms with E-state index in [9.17, 15) is 0 Å². The van der Waals surface area contributed by atoms with Crippen molar-refractivity contribution in [1.82, 2.24) is 0 Å². The number of rotatable bonds is 6. The molecule has 2 rings (SSSR count). The fraction of sp³-hybridized carbons (Fsp3) is 0.462. The van der Waals surface area contributed by atoms with E-state index in [0.29, 0.717) is 17.2 Å². The molecule has 0 radical (unpaired) electrons. The van der Waals surface area contributed by atoms with Crippen LogP contribution in [-0.2, 0) is 0 Å². The lowest BCUT2D eigenvalue weighted by Crippen LogP contribution is -2.23. The Morgan fingerprint density at radius 3 is 2.89 bits per heavy atom. The molecule has 0 heterocycles. The van der Waals surface area contributed by atoms with Crippen LogP contribution in [0.25, 0.3) is 0 Å². The SMILES string of the molecule is COc1cc(NCC2(C/C(N)=N/O)CC2)ccc1Cl. The van der Waals surface area contributed by atoms with Crippen LogP contribution in [0.1, 0.15) is 19.3 Å². The van der Waals surface area contributed by atoms with Crippen molar-refractivity contribution in [2.24, 2.45) is 16.3 Å². The van der Waals surface area contributed by atoms with E-state index in [-0.39, 0.29) is 11.3 Å². The Morgan fingerprint density at radius 2 is 2.32 bits per heavy atom. The molecular weight excluding hydrogens is 266 g/mol. The topological polar surface area (TPSA) is 79.9 Å². The van der Waals surface area contributed by atoms with Crippen LogP contribution in [0.3, 0.4) is 0 Å². The van der Waals surface area contributed by atoms with Gasteiger partial charge in [0.05, 0.1) is 12.1 Å². The molecule has 0 amide bonds. The highest BCUT2D eigenvalue weighted by molar-refractivity contribution is 6.32. The van der Waals surface area contributed by atoms with Crippen LogP contribution in [0.2, 0.25) is 5.02 Å². The second-order valence-corrected chi connectivity index (χ2v) is 5.38. The van der Waals surface area contributed by atoms with Gasteiger partial charge in [-0.1, -0.05) is 16.8 Å². The van der Waals surface area contributed by atoms with Crippen LogP contribution in [0, 0.1) is 5.41 Å². The number of hydrogen-bond donors (Lipinski definition) is 3. The van der Waals surface area contributed by atoms with E-state index in [1.165, 1.54) is 0 Å². The molecule has 0 spiro atoms. The van der Waals surface area contributed by atoms with E-state index < -0.39 is 0 Å². The van der Waals surface area contributed by atoms with Crippen molar-refractivity contribution >= 4 is 23.1 Å². The van der Waals surface area contributed by atoms with Crippen LogP contribution in [0.15, 0.2) is 23.4 Å². The van der Waals surface area contributed by atoms with E-state index in [0.717, 1.165) is 25.1 Å². The van der Waals surface area contributed by atoms with Gasteiger partial charge in [-0.25, -0.2) is 0 Å². The maximum Gasteiger partial charge on any atom is 0.139 e. The summed E-state index contributed by atoms with van der Waals surface area (Å²) in [6.07, 6.45) is 2.78. The zero-order valence-electron chi connectivity index (χ0n) is 10.8. The number of halogens is 1. The normalized spacial score (nSPS) is 17.1. The predicted octanol–water partition coefficient (Wildman–Crippen LogP) is 2.68. The van der Waals surface area contributed by atoms with Gasteiger partial charge in [0.1, 0.15) is 11.6 Å². The Bertz CT molecular complexity index is 487. The first-order valence-electron chi connectivity index (χ1n) is 6.12. The third-order valence-electron chi connectivity index (χ3n) is 3.46. The molecule has 1 aliphatic carbocycles. The number of amidine groups is 1. The van der Waals surface area contributed by atoms with Gasteiger partial charge in [0.2, 0.25) is 0 Å². The highest BCUT2D eigenvalue weighted by atomic mass is 35.5. The van der Waals surface area contributed by atoms with Crippen LogP contribution < -0.4 is 15.8 Å². The monoisotopic (exact) mass is 283 g/mol. The highest BCUT2D eigenvalue weighted by Crippen LogP contribution is 2.48. The Hall–Kier alpha value is -1.62. The lowest BCUT2D eigenvalue weighted by molar-refractivity contribution is 0.315. The number of nitrogens with one attached hydrogen (secondary N) is 1. The molecule has 1 aliphatic rings. The molecule has 1 saturated carbocycles. The quantitative estimate of drug-likeness (QED) is 0.324. The summed E-state index contributed by atoms with van der Waals surface area (Å²) in [6, 6.07) is 5.57. The minimum absolute atomic E-state index is 0.114. The fourth-order valence-corrected chi connectivity index (χ4v) is 2.27. The molecule has 5 nitrogen and oxygen atoms in total. The van der Waals surface area contributed by atoms with Crippen molar-refractivity contribution in [1.29, 1.82) is 0 Å². The summed E-state index contributed by atoms with van der Waals surface area (Å²) < 4.78 is 5.17. The van der Waals surface area contributed by atoms with Crippen LogP contribution >= 0.6 is 11.6 Å². The third-order valence-corrected chi connectivity index (χ3v) is 3.77. The Labute approximate surface area is 117 Å². The molecule has 1 fully saturated rings. The van der Waals surface area contributed by atoms with E-state index >= 15 is 0 Å². The van der Waals surface area contributed by atoms with E-state index in [2.05, 4.69) is 10.5 Å². The largest absolute Gasteiger partial charge is 0.495 e. The standard InChI is InChI=1S/C13H18ClN3O2/c1-19-11-6-9(2-3-10(11)14)16-8-13(4-5-13)7-12(15)17-18/h2-3,6,16,18H,4-5,7-8H2,1H3,(H2,15,17). The molecule has 0 aromatic heterocycles. The number of methoxy groups -OCH3 is 1. The average Bonchev–Trinajstić information content (AvgIpc) is 3.17. The number of nitrogens with two attached hydrogens (primary N) is 1. The minimum atomic E-state index is 0.114. The van der Waals surface area contributed by atoms with Crippen molar-refractivity contribution in [2.75, 3.05) is 19.0 Å².